The summed E-state index contributed by atoms with van der Waals surface area (Å²) < 4.78 is 27.4. The van der Waals surface area contributed by atoms with E-state index in [1.165, 1.54) is 0 Å². The van der Waals surface area contributed by atoms with Crippen molar-refractivity contribution in [3.8, 4) is 5.75 Å². The Labute approximate surface area is 102 Å². The second-order valence-corrected chi connectivity index (χ2v) is 6.56. The molecule has 94 valence electrons. The van der Waals surface area contributed by atoms with Crippen molar-refractivity contribution in [2.24, 2.45) is 0 Å². The number of hydrogen-bond donors (Lipinski definition) is 1. The molecule has 0 aliphatic carbocycles. The van der Waals surface area contributed by atoms with Crippen molar-refractivity contribution in [2.75, 3.05) is 18.6 Å². The van der Waals surface area contributed by atoms with Crippen molar-refractivity contribution in [3.63, 3.8) is 0 Å². The van der Waals surface area contributed by atoms with Crippen molar-refractivity contribution in [3.05, 3.63) is 29.8 Å². The molecule has 2 rings (SSSR count). The number of ether oxygens (including phenoxy) is 1. The van der Waals surface area contributed by atoms with E-state index in [9.17, 15) is 8.42 Å². The van der Waals surface area contributed by atoms with Gasteiger partial charge in [-0.15, -0.1) is 0 Å². The minimum Gasteiger partial charge on any atom is -0.496 e. The van der Waals surface area contributed by atoms with Crippen molar-refractivity contribution in [1.29, 1.82) is 0 Å². The molecule has 1 N–H and O–H groups in total. The number of sulfone groups is 1. The molecule has 0 bridgehead atoms. The van der Waals surface area contributed by atoms with E-state index in [2.05, 4.69) is 5.32 Å². The van der Waals surface area contributed by atoms with Gasteiger partial charge in [-0.05, 0) is 13.0 Å². The highest BCUT2D eigenvalue weighted by atomic mass is 32.2. The maximum Gasteiger partial charge on any atom is 0.153 e. The van der Waals surface area contributed by atoms with Crippen molar-refractivity contribution in [1.82, 2.24) is 5.32 Å². The van der Waals surface area contributed by atoms with Gasteiger partial charge in [0.15, 0.2) is 9.84 Å². The normalized spacial score (nSPS) is 20.6. The summed E-state index contributed by atoms with van der Waals surface area (Å²) >= 11 is 0. The number of para-hydroxylation sites is 1. The third-order valence-electron chi connectivity index (χ3n) is 3.00. The van der Waals surface area contributed by atoms with Crippen LogP contribution in [0.1, 0.15) is 18.5 Å². The molecule has 1 saturated heterocycles. The second kappa shape index (κ2) is 4.66. The highest BCUT2D eigenvalue weighted by Gasteiger charge is 2.34. The first-order valence-corrected chi connectivity index (χ1v) is 7.43. The van der Waals surface area contributed by atoms with E-state index < -0.39 is 9.84 Å². The van der Waals surface area contributed by atoms with Gasteiger partial charge in [-0.3, -0.25) is 0 Å². The third-order valence-corrected chi connectivity index (χ3v) is 4.82. The molecule has 1 aromatic carbocycles. The van der Waals surface area contributed by atoms with E-state index in [1.54, 1.807) is 7.11 Å². The predicted octanol–water partition coefficient (Wildman–Crippen LogP) is 1.14. The Kier molecular flexibility index (Phi) is 3.40. The lowest BCUT2D eigenvalue weighted by Gasteiger charge is -2.30. The summed E-state index contributed by atoms with van der Waals surface area (Å²) in [6, 6.07) is 7.93. The summed E-state index contributed by atoms with van der Waals surface area (Å²) in [6.07, 6.45) is 0. The molecule has 4 nitrogen and oxygen atoms in total. The lowest BCUT2D eigenvalue weighted by atomic mass is 10.1. The summed E-state index contributed by atoms with van der Waals surface area (Å²) in [7, 11) is -1.13. The minimum absolute atomic E-state index is 0.0694. The first-order chi connectivity index (χ1) is 8.02. The standard InChI is InChI=1S/C12H17NO3S/c1-9(13-10-7-17(14,15)8-10)11-5-3-4-6-12(11)16-2/h3-6,9-10,13H,7-8H2,1-2H3. The van der Waals surface area contributed by atoms with Crippen LogP contribution in [0.5, 0.6) is 5.75 Å². The Hall–Kier alpha value is -1.07. The molecule has 17 heavy (non-hydrogen) atoms. The predicted molar refractivity (Wildman–Crippen MR) is 67.0 cm³/mol. The van der Waals surface area contributed by atoms with E-state index in [4.69, 9.17) is 4.74 Å². The van der Waals surface area contributed by atoms with Gasteiger partial charge in [0.1, 0.15) is 5.75 Å². The number of rotatable bonds is 4. The van der Waals surface area contributed by atoms with Crippen molar-refractivity contribution < 1.29 is 13.2 Å². The molecule has 0 spiro atoms. The molecule has 0 aromatic heterocycles. The van der Waals surface area contributed by atoms with Gasteiger partial charge in [0.2, 0.25) is 0 Å². The van der Waals surface area contributed by atoms with E-state index >= 15 is 0 Å². The Morgan fingerprint density at radius 2 is 2.00 bits per heavy atom. The van der Waals surface area contributed by atoms with E-state index in [0.717, 1.165) is 11.3 Å². The van der Waals surface area contributed by atoms with Gasteiger partial charge in [-0.1, -0.05) is 18.2 Å². The highest BCUT2D eigenvalue weighted by Crippen LogP contribution is 2.25. The Morgan fingerprint density at radius 1 is 1.35 bits per heavy atom. The van der Waals surface area contributed by atoms with Gasteiger partial charge in [-0.2, -0.15) is 0 Å². The Bertz CT molecular complexity index is 486. The van der Waals surface area contributed by atoms with Crippen LogP contribution in [0.25, 0.3) is 0 Å². The van der Waals surface area contributed by atoms with Gasteiger partial charge in [-0.25, -0.2) is 8.42 Å². The SMILES string of the molecule is COc1ccccc1C(C)NC1CS(=O)(=O)C1. The Balaban J connectivity index is 2.02. The van der Waals surface area contributed by atoms with E-state index in [0.29, 0.717) is 0 Å². The average molecular weight is 255 g/mol. The van der Waals surface area contributed by atoms with Crippen LogP contribution in [0.2, 0.25) is 0 Å². The molecule has 0 radical (unpaired) electrons. The fourth-order valence-electron chi connectivity index (χ4n) is 2.13. The molecule has 1 aliphatic heterocycles. The quantitative estimate of drug-likeness (QED) is 0.876. The molecule has 1 atom stereocenters. The van der Waals surface area contributed by atoms with Crippen LogP contribution in [0, 0.1) is 0 Å². The molecular formula is C12H17NO3S. The van der Waals surface area contributed by atoms with Crippen LogP contribution < -0.4 is 10.1 Å². The van der Waals surface area contributed by atoms with Gasteiger partial charge < -0.3 is 10.1 Å². The molecule has 0 amide bonds. The second-order valence-electron chi connectivity index (χ2n) is 4.40. The van der Waals surface area contributed by atoms with E-state index in [-0.39, 0.29) is 23.6 Å². The fourth-order valence-corrected chi connectivity index (χ4v) is 3.45. The van der Waals surface area contributed by atoms with Crippen LogP contribution in [0.3, 0.4) is 0 Å². The molecular weight excluding hydrogens is 238 g/mol. The zero-order chi connectivity index (χ0) is 12.5. The van der Waals surface area contributed by atoms with Gasteiger partial charge >= 0.3 is 0 Å². The van der Waals surface area contributed by atoms with Gasteiger partial charge in [0.05, 0.1) is 18.6 Å². The molecule has 0 saturated carbocycles. The number of methoxy groups -OCH3 is 1. The van der Waals surface area contributed by atoms with Crippen LogP contribution in [-0.4, -0.2) is 33.1 Å². The zero-order valence-electron chi connectivity index (χ0n) is 10.0. The summed E-state index contributed by atoms with van der Waals surface area (Å²) in [6.45, 7) is 2.02. The first kappa shape index (κ1) is 12.4. The summed E-state index contributed by atoms with van der Waals surface area (Å²) in [4.78, 5) is 0. The molecule has 5 heteroatoms. The lowest BCUT2D eigenvalue weighted by molar-refractivity contribution is 0.395. The smallest absolute Gasteiger partial charge is 0.153 e. The molecule has 1 heterocycles. The lowest BCUT2D eigenvalue weighted by Crippen LogP contribution is -2.51. The topological polar surface area (TPSA) is 55.4 Å². The average Bonchev–Trinajstić information content (AvgIpc) is 2.26. The zero-order valence-corrected chi connectivity index (χ0v) is 10.8. The third kappa shape index (κ3) is 2.79. The molecule has 1 aliphatic rings. The van der Waals surface area contributed by atoms with Crippen LogP contribution in [-0.2, 0) is 9.84 Å². The molecule has 1 aromatic rings. The first-order valence-electron chi connectivity index (χ1n) is 5.61. The van der Waals surface area contributed by atoms with E-state index in [1.807, 2.05) is 31.2 Å². The maximum atomic E-state index is 11.1. The fraction of sp³-hybridized carbons (Fsp3) is 0.500. The van der Waals surface area contributed by atoms with Gasteiger partial charge in [0.25, 0.3) is 0 Å². The minimum atomic E-state index is -2.77. The molecule has 1 unspecified atom stereocenters. The monoisotopic (exact) mass is 255 g/mol. The van der Waals surface area contributed by atoms with Crippen molar-refractivity contribution in [2.45, 2.75) is 19.0 Å². The summed E-state index contributed by atoms with van der Waals surface area (Å²) in [5.41, 5.74) is 1.05. The van der Waals surface area contributed by atoms with Crippen molar-refractivity contribution >= 4 is 9.84 Å². The Morgan fingerprint density at radius 3 is 2.59 bits per heavy atom. The molecule has 1 fully saturated rings. The van der Waals surface area contributed by atoms with Crippen LogP contribution in [0.4, 0.5) is 0 Å². The summed E-state index contributed by atoms with van der Waals surface area (Å²) in [5.74, 6) is 1.31. The number of hydrogen-bond acceptors (Lipinski definition) is 4. The van der Waals surface area contributed by atoms with Gasteiger partial charge in [0, 0.05) is 17.6 Å². The van der Waals surface area contributed by atoms with Crippen LogP contribution >= 0.6 is 0 Å². The number of nitrogens with one attached hydrogen (secondary N) is 1. The largest absolute Gasteiger partial charge is 0.496 e. The van der Waals surface area contributed by atoms with Crippen LogP contribution in [0.15, 0.2) is 24.3 Å². The number of benzene rings is 1. The maximum absolute atomic E-state index is 11.1. The highest BCUT2D eigenvalue weighted by molar-refractivity contribution is 7.92. The summed E-state index contributed by atoms with van der Waals surface area (Å²) in [5, 5.41) is 3.30.